The molecule has 3 amide bonds. The lowest BCUT2D eigenvalue weighted by molar-refractivity contribution is -0.138. The summed E-state index contributed by atoms with van der Waals surface area (Å²) in [6.07, 6.45) is 2.10. The van der Waals surface area contributed by atoms with Gasteiger partial charge in [-0.2, -0.15) is 0 Å². The van der Waals surface area contributed by atoms with E-state index in [0.29, 0.717) is 50.5 Å². The van der Waals surface area contributed by atoms with Crippen LogP contribution in [0.25, 0.3) is 0 Å². The van der Waals surface area contributed by atoms with Crippen LogP contribution in [0.2, 0.25) is 0 Å². The first-order valence-corrected chi connectivity index (χ1v) is 10.5. The Labute approximate surface area is 176 Å². The number of carbonyl (C=O) groups is 3. The minimum absolute atomic E-state index is 0.0325. The molecule has 2 aliphatic heterocycles. The van der Waals surface area contributed by atoms with E-state index in [1.165, 1.54) is 6.26 Å². The van der Waals surface area contributed by atoms with E-state index in [1.54, 1.807) is 26.8 Å². The molecule has 1 atom stereocenters. The highest BCUT2D eigenvalue weighted by molar-refractivity contribution is 6.01. The fourth-order valence-electron chi connectivity index (χ4n) is 4.23. The molecule has 0 unspecified atom stereocenters. The van der Waals surface area contributed by atoms with Gasteiger partial charge in [0.25, 0.3) is 11.8 Å². The van der Waals surface area contributed by atoms with Crippen molar-refractivity contribution in [1.29, 1.82) is 0 Å². The third-order valence-electron chi connectivity index (χ3n) is 5.82. The second-order valence-electron chi connectivity index (χ2n) is 8.33. The van der Waals surface area contributed by atoms with E-state index in [0.717, 1.165) is 5.56 Å². The maximum absolute atomic E-state index is 13.4. The second kappa shape index (κ2) is 8.34. The summed E-state index contributed by atoms with van der Waals surface area (Å²) in [4.78, 5) is 44.1. The molecule has 0 N–H and O–H groups in total. The molecule has 1 saturated heterocycles. The van der Waals surface area contributed by atoms with Crippen molar-refractivity contribution in [2.45, 2.75) is 32.9 Å². The van der Waals surface area contributed by atoms with Gasteiger partial charge in [-0.3, -0.25) is 14.4 Å². The van der Waals surface area contributed by atoms with Crippen molar-refractivity contribution in [3.05, 3.63) is 59.5 Å². The number of hydrogen-bond acceptors (Lipinski definition) is 4. The molecule has 1 aromatic carbocycles. The van der Waals surface area contributed by atoms with E-state index in [2.05, 4.69) is 13.8 Å². The number of nitrogens with zero attached hydrogens (tertiary/aromatic N) is 3. The maximum Gasteiger partial charge on any atom is 0.289 e. The van der Waals surface area contributed by atoms with Crippen LogP contribution in [-0.4, -0.2) is 64.6 Å². The first kappa shape index (κ1) is 20.2. The summed E-state index contributed by atoms with van der Waals surface area (Å²) in [7, 11) is 0. The van der Waals surface area contributed by atoms with Crippen molar-refractivity contribution >= 4 is 17.7 Å². The molecule has 0 aliphatic carbocycles. The Morgan fingerprint density at radius 1 is 1.00 bits per heavy atom. The lowest BCUT2D eigenvalue weighted by atomic mass is 10.0. The van der Waals surface area contributed by atoms with Crippen LogP contribution in [-0.2, 0) is 11.3 Å². The molecule has 4 rings (SSSR count). The van der Waals surface area contributed by atoms with Crippen molar-refractivity contribution in [2.24, 2.45) is 5.92 Å². The van der Waals surface area contributed by atoms with Crippen LogP contribution in [0.3, 0.4) is 0 Å². The molecule has 0 radical (unpaired) electrons. The van der Waals surface area contributed by atoms with Crippen molar-refractivity contribution in [3.8, 4) is 0 Å². The monoisotopic (exact) mass is 409 g/mol. The van der Waals surface area contributed by atoms with E-state index in [1.807, 2.05) is 24.3 Å². The van der Waals surface area contributed by atoms with Gasteiger partial charge in [0.15, 0.2) is 5.76 Å². The second-order valence-corrected chi connectivity index (χ2v) is 8.33. The Morgan fingerprint density at radius 3 is 2.33 bits per heavy atom. The fraction of sp³-hybridized carbons (Fsp3) is 0.435. The van der Waals surface area contributed by atoms with Gasteiger partial charge in [0.2, 0.25) is 5.91 Å². The van der Waals surface area contributed by atoms with Gasteiger partial charge in [-0.25, -0.2) is 0 Å². The third kappa shape index (κ3) is 3.84. The lowest BCUT2D eigenvalue weighted by Gasteiger charge is -2.38. The number of piperazine rings is 1. The number of fused-ring (bicyclic) bond motifs is 1. The van der Waals surface area contributed by atoms with Crippen LogP contribution in [0.1, 0.15) is 46.7 Å². The van der Waals surface area contributed by atoms with Crippen molar-refractivity contribution in [3.63, 3.8) is 0 Å². The topological polar surface area (TPSA) is 74.1 Å². The van der Waals surface area contributed by atoms with E-state index < -0.39 is 6.04 Å². The summed E-state index contributed by atoms with van der Waals surface area (Å²) >= 11 is 0. The van der Waals surface area contributed by atoms with Gasteiger partial charge in [-0.15, -0.1) is 0 Å². The molecule has 0 saturated carbocycles. The summed E-state index contributed by atoms with van der Waals surface area (Å²) < 4.78 is 5.20. The van der Waals surface area contributed by atoms with Crippen molar-refractivity contribution in [1.82, 2.24) is 14.7 Å². The number of carbonyl (C=O) groups excluding carboxylic acids is 3. The van der Waals surface area contributed by atoms with Gasteiger partial charge in [0.05, 0.1) is 6.26 Å². The zero-order chi connectivity index (χ0) is 21.3. The minimum atomic E-state index is -0.489. The molecule has 3 heterocycles. The van der Waals surface area contributed by atoms with Gasteiger partial charge in [-0.1, -0.05) is 32.0 Å². The molecule has 1 aromatic heterocycles. The molecular weight excluding hydrogens is 382 g/mol. The van der Waals surface area contributed by atoms with Gasteiger partial charge in [0, 0.05) is 38.3 Å². The quantitative estimate of drug-likeness (QED) is 0.761. The average Bonchev–Trinajstić information content (AvgIpc) is 3.40. The molecule has 0 spiro atoms. The van der Waals surface area contributed by atoms with Crippen molar-refractivity contribution in [2.75, 3.05) is 26.2 Å². The SMILES string of the molecule is CC(C)C[C@@H](C(=O)N1CCN(C(=O)c2ccco2)CC1)N1Cc2ccccc2C1=O. The molecule has 158 valence electrons. The Kier molecular flexibility index (Phi) is 5.61. The highest BCUT2D eigenvalue weighted by atomic mass is 16.3. The van der Waals surface area contributed by atoms with Crippen LogP contribution in [0.4, 0.5) is 0 Å². The normalized spacial score (nSPS) is 17.4. The van der Waals surface area contributed by atoms with Crippen LogP contribution in [0, 0.1) is 5.92 Å². The van der Waals surface area contributed by atoms with Gasteiger partial charge >= 0.3 is 0 Å². The fourth-order valence-corrected chi connectivity index (χ4v) is 4.23. The summed E-state index contributed by atoms with van der Waals surface area (Å²) in [5.74, 6) is 0.326. The molecular formula is C23H27N3O4. The molecule has 1 fully saturated rings. The molecule has 30 heavy (non-hydrogen) atoms. The minimum Gasteiger partial charge on any atom is -0.459 e. The van der Waals surface area contributed by atoms with Gasteiger partial charge < -0.3 is 19.1 Å². The Morgan fingerprint density at radius 2 is 1.70 bits per heavy atom. The van der Waals surface area contributed by atoms with Crippen LogP contribution >= 0.6 is 0 Å². The van der Waals surface area contributed by atoms with Crippen LogP contribution < -0.4 is 0 Å². The average molecular weight is 409 g/mol. The molecule has 7 nitrogen and oxygen atoms in total. The predicted octanol–water partition coefficient (Wildman–Crippen LogP) is 2.63. The molecule has 7 heteroatoms. The number of hydrogen-bond donors (Lipinski definition) is 0. The predicted molar refractivity (Wildman–Crippen MR) is 111 cm³/mol. The lowest BCUT2D eigenvalue weighted by Crippen LogP contribution is -2.56. The summed E-state index contributed by atoms with van der Waals surface area (Å²) in [5.41, 5.74) is 1.66. The first-order valence-electron chi connectivity index (χ1n) is 10.5. The molecule has 0 bridgehead atoms. The number of amides is 3. The van der Waals surface area contributed by atoms with E-state index in [4.69, 9.17) is 4.42 Å². The van der Waals surface area contributed by atoms with E-state index in [-0.39, 0.29) is 23.6 Å². The number of furan rings is 1. The summed E-state index contributed by atoms with van der Waals surface area (Å²) in [6, 6.07) is 10.4. The van der Waals surface area contributed by atoms with E-state index in [9.17, 15) is 14.4 Å². The van der Waals surface area contributed by atoms with Crippen LogP contribution in [0.15, 0.2) is 47.1 Å². The third-order valence-corrected chi connectivity index (χ3v) is 5.82. The first-order chi connectivity index (χ1) is 14.5. The molecule has 2 aliphatic rings. The standard InChI is InChI=1S/C23H27N3O4/c1-16(2)14-19(26-15-17-6-3-4-7-18(17)21(26)27)22(28)24-9-11-25(12-10-24)23(29)20-8-5-13-30-20/h3-8,13,16,19H,9-12,14-15H2,1-2H3/t19-/m0/s1. The smallest absolute Gasteiger partial charge is 0.289 e. The zero-order valence-electron chi connectivity index (χ0n) is 17.4. The number of rotatable bonds is 5. The Bertz CT molecular complexity index is 930. The zero-order valence-corrected chi connectivity index (χ0v) is 17.4. The Hall–Kier alpha value is -3.09. The highest BCUT2D eigenvalue weighted by Gasteiger charge is 2.39. The van der Waals surface area contributed by atoms with Crippen LogP contribution in [0.5, 0.6) is 0 Å². The summed E-state index contributed by atoms with van der Waals surface area (Å²) in [6.45, 7) is 6.41. The Balaban J connectivity index is 1.45. The molecule has 2 aromatic rings. The van der Waals surface area contributed by atoms with Gasteiger partial charge in [-0.05, 0) is 36.1 Å². The number of benzene rings is 1. The largest absolute Gasteiger partial charge is 0.459 e. The van der Waals surface area contributed by atoms with E-state index >= 15 is 0 Å². The van der Waals surface area contributed by atoms with Gasteiger partial charge in [0.1, 0.15) is 6.04 Å². The maximum atomic E-state index is 13.4. The summed E-state index contributed by atoms with van der Waals surface area (Å²) in [5, 5.41) is 0. The highest BCUT2D eigenvalue weighted by Crippen LogP contribution is 2.28. The van der Waals surface area contributed by atoms with Crippen molar-refractivity contribution < 1.29 is 18.8 Å².